The fraction of sp³-hybridized carbons (Fsp3) is 0.174. The smallest absolute Gasteiger partial charge is 0.327 e. The van der Waals surface area contributed by atoms with Crippen LogP contribution >= 0.6 is 11.8 Å². The van der Waals surface area contributed by atoms with Crippen LogP contribution in [0.5, 0.6) is 11.5 Å². The maximum absolute atomic E-state index is 13.3. The first-order chi connectivity index (χ1) is 14.1. The number of carbonyl (C=O) groups is 1. The average Bonchev–Trinajstić information content (AvgIpc) is 2.76. The number of ether oxygens (including phenoxy) is 2. The second-order valence-corrected chi connectivity index (χ2v) is 7.74. The molecule has 1 atom stereocenters. The molecule has 0 aromatic heterocycles. The number of para-hydroxylation sites is 2. The Morgan fingerprint density at radius 3 is 2.07 bits per heavy atom. The predicted octanol–water partition coefficient (Wildman–Crippen LogP) is 5.78. The Hall–Kier alpha value is -3.12. The number of methoxy groups -OCH3 is 2. The summed E-state index contributed by atoms with van der Waals surface area (Å²) in [5.41, 5.74) is 2.70. The molecule has 2 amide bonds. The number of hydrogen-bond donors (Lipinski definition) is 1. The highest BCUT2D eigenvalue weighted by Crippen LogP contribution is 2.47. The lowest BCUT2D eigenvalue weighted by atomic mass is 10.1. The molecular formula is C23H22N2O3S. The molecule has 1 heterocycles. The molecule has 0 aliphatic carbocycles. The Labute approximate surface area is 174 Å². The molecule has 0 radical (unpaired) electrons. The monoisotopic (exact) mass is 406 g/mol. The van der Waals surface area contributed by atoms with Gasteiger partial charge in [-0.3, -0.25) is 4.90 Å². The molecular weight excluding hydrogens is 384 g/mol. The standard InChI is InChI=1S/C23H22N2O3S/c1-15(16-12-13-19(27-2)20(14-16)28-3)24-23(26)25-17-8-4-6-10-21(17)29-22-11-7-5-9-18(22)25/h4-15H,1-3H3,(H,24,26)/t15-/m0/s1. The van der Waals surface area contributed by atoms with Gasteiger partial charge in [-0.25, -0.2) is 4.79 Å². The Kier molecular flexibility index (Phi) is 5.36. The van der Waals surface area contributed by atoms with Gasteiger partial charge in [-0.1, -0.05) is 42.1 Å². The first kappa shape index (κ1) is 19.2. The quantitative estimate of drug-likeness (QED) is 0.597. The van der Waals surface area contributed by atoms with Gasteiger partial charge < -0.3 is 14.8 Å². The minimum absolute atomic E-state index is 0.174. The number of fused-ring (bicyclic) bond motifs is 2. The fourth-order valence-corrected chi connectivity index (χ4v) is 4.44. The molecule has 0 saturated carbocycles. The van der Waals surface area contributed by atoms with Crippen LogP contribution in [-0.2, 0) is 0 Å². The van der Waals surface area contributed by atoms with E-state index in [1.807, 2.05) is 73.7 Å². The highest BCUT2D eigenvalue weighted by Gasteiger charge is 2.28. The number of urea groups is 1. The number of benzene rings is 3. The van der Waals surface area contributed by atoms with Crippen LogP contribution in [0.4, 0.5) is 16.2 Å². The van der Waals surface area contributed by atoms with E-state index in [4.69, 9.17) is 9.47 Å². The van der Waals surface area contributed by atoms with E-state index in [1.54, 1.807) is 30.9 Å². The van der Waals surface area contributed by atoms with Crippen LogP contribution in [0.2, 0.25) is 0 Å². The summed E-state index contributed by atoms with van der Waals surface area (Å²) in [6, 6.07) is 21.2. The summed E-state index contributed by atoms with van der Waals surface area (Å²) >= 11 is 1.68. The number of carbonyl (C=O) groups excluding carboxylic acids is 1. The molecule has 3 aromatic rings. The zero-order chi connectivity index (χ0) is 20.4. The van der Waals surface area contributed by atoms with E-state index in [0.29, 0.717) is 11.5 Å². The highest BCUT2D eigenvalue weighted by atomic mass is 32.2. The molecule has 1 aliphatic rings. The van der Waals surface area contributed by atoms with Gasteiger partial charge in [0, 0.05) is 9.79 Å². The number of anilines is 2. The van der Waals surface area contributed by atoms with Crippen LogP contribution in [0.3, 0.4) is 0 Å². The summed E-state index contributed by atoms with van der Waals surface area (Å²) in [7, 11) is 3.20. The van der Waals surface area contributed by atoms with E-state index in [1.165, 1.54) is 0 Å². The van der Waals surface area contributed by atoms with Crippen LogP contribution in [0.25, 0.3) is 0 Å². The average molecular weight is 407 g/mol. The zero-order valence-corrected chi connectivity index (χ0v) is 17.3. The molecule has 0 spiro atoms. The summed E-state index contributed by atoms with van der Waals surface area (Å²) in [5.74, 6) is 1.29. The third-order valence-electron chi connectivity index (χ3n) is 4.88. The lowest BCUT2D eigenvalue weighted by molar-refractivity contribution is 0.245. The van der Waals surface area contributed by atoms with E-state index in [-0.39, 0.29) is 12.1 Å². The Balaban J connectivity index is 1.64. The number of rotatable bonds is 4. The molecule has 0 fully saturated rings. The highest BCUT2D eigenvalue weighted by molar-refractivity contribution is 7.99. The molecule has 5 nitrogen and oxygen atoms in total. The Bertz CT molecular complexity index is 1010. The number of amides is 2. The van der Waals surface area contributed by atoms with Crippen molar-refractivity contribution in [3.8, 4) is 11.5 Å². The molecule has 1 aliphatic heterocycles. The maximum Gasteiger partial charge on any atom is 0.327 e. The molecule has 4 rings (SSSR count). The lowest BCUT2D eigenvalue weighted by Gasteiger charge is -2.32. The summed E-state index contributed by atoms with van der Waals surface area (Å²) in [6.45, 7) is 1.95. The first-order valence-corrected chi connectivity index (χ1v) is 10.1. The lowest BCUT2D eigenvalue weighted by Crippen LogP contribution is -2.39. The number of nitrogens with one attached hydrogen (secondary N) is 1. The third kappa shape index (κ3) is 3.63. The molecule has 3 aromatic carbocycles. The van der Waals surface area contributed by atoms with Crippen LogP contribution in [0, 0.1) is 0 Å². The molecule has 29 heavy (non-hydrogen) atoms. The van der Waals surface area contributed by atoms with Crippen molar-refractivity contribution in [3.05, 3.63) is 72.3 Å². The van der Waals surface area contributed by atoms with Gasteiger partial charge in [0.1, 0.15) is 0 Å². The van der Waals surface area contributed by atoms with Crippen molar-refractivity contribution in [1.82, 2.24) is 5.32 Å². The number of nitrogens with zero attached hydrogens (tertiary/aromatic N) is 1. The van der Waals surface area contributed by atoms with Gasteiger partial charge in [0.15, 0.2) is 11.5 Å². The van der Waals surface area contributed by atoms with E-state index in [2.05, 4.69) is 5.32 Å². The molecule has 148 valence electrons. The topological polar surface area (TPSA) is 50.8 Å². The van der Waals surface area contributed by atoms with Crippen molar-refractivity contribution >= 4 is 29.2 Å². The van der Waals surface area contributed by atoms with Crippen molar-refractivity contribution in [2.24, 2.45) is 0 Å². The van der Waals surface area contributed by atoms with Gasteiger partial charge in [-0.2, -0.15) is 0 Å². The minimum Gasteiger partial charge on any atom is -0.493 e. The van der Waals surface area contributed by atoms with Crippen molar-refractivity contribution in [2.75, 3.05) is 19.1 Å². The molecule has 6 heteroatoms. The van der Waals surface area contributed by atoms with Crippen molar-refractivity contribution in [1.29, 1.82) is 0 Å². The van der Waals surface area contributed by atoms with E-state index >= 15 is 0 Å². The Morgan fingerprint density at radius 2 is 1.48 bits per heavy atom. The molecule has 0 bridgehead atoms. The van der Waals surface area contributed by atoms with Crippen molar-refractivity contribution < 1.29 is 14.3 Å². The molecule has 0 saturated heterocycles. The SMILES string of the molecule is COc1ccc([C@H](C)NC(=O)N2c3ccccc3Sc3ccccc32)cc1OC. The maximum atomic E-state index is 13.3. The largest absolute Gasteiger partial charge is 0.493 e. The van der Waals surface area contributed by atoms with Gasteiger partial charge in [0.25, 0.3) is 0 Å². The second-order valence-electron chi connectivity index (χ2n) is 6.66. The van der Waals surface area contributed by atoms with Crippen LogP contribution in [-0.4, -0.2) is 20.3 Å². The minimum atomic E-state index is -0.212. The summed E-state index contributed by atoms with van der Waals surface area (Å²) < 4.78 is 10.7. The normalized spacial score (nSPS) is 13.1. The van der Waals surface area contributed by atoms with Crippen LogP contribution < -0.4 is 19.7 Å². The van der Waals surface area contributed by atoms with E-state index < -0.39 is 0 Å². The zero-order valence-electron chi connectivity index (χ0n) is 16.5. The van der Waals surface area contributed by atoms with E-state index in [9.17, 15) is 4.79 Å². The first-order valence-electron chi connectivity index (χ1n) is 9.31. The van der Waals surface area contributed by atoms with Crippen molar-refractivity contribution in [2.45, 2.75) is 22.8 Å². The van der Waals surface area contributed by atoms with Crippen molar-refractivity contribution in [3.63, 3.8) is 0 Å². The van der Waals surface area contributed by atoms with Crippen LogP contribution in [0.1, 0.15) is 18.5 Å². The number of hydrogen-bond acceptors (Lipinski definition) is 4. The summed E-state index contributed by atoms with van der Waals surface area (Å²) in [5, 5.41) is 3.12. The van der Waals surface area contributed by atoms with Gasteiger partial charge in [0.05, 0.1) is 31.6 Å². The van der Waals surface area contributed by atoms with Gasteiger partial charge in [0.2, 0.25) is 0 Å². The molecule has 1 N–H and O–H groups in total. The van der Waals surface area contributed by atoms with Crippen LogP contribution in [0.15, 0.2) is 76.5 Å². The predicted molar refractivity (Wildman–Crippen MR) is 116 cm³/mol. The second kappa shape index (κ2) is 8.09. The van der Waals surface area contributed by atoms with Gasteiger partial charge in [-0.05, 0) is 48.9 Å². The van der Waals surface area contributed by atoms with Gasteiger partial charge >= 0.3 is 6.03 Å². The third-order valence-corrected chi connectivity index (χ3v) is 6.01. The fourth-order valence-electron chi connectivity index (χ4n) is 3.38. The summed E-state index contributed by atoms with van der Waals surface area (Å²) in [6.07, 6.45) is 0. The van der Waals surface area contributed by atoms with Gasteiger partial charge in [-0.15, -0.1) is 0 Å². The molecule has 0 unspecified atom stereocenters. The Morgan fingerprint density at radius 1 is 0.897 bits per heavy atom. The summed E-state index contributed by atoms with van der Waals surface area (Å²) in [4.78, 5) is 17.2. The van der Waals surface area contributed by atoms with E-state index in [0.717, 1.165) is 26.7 Å².